The van der Waals surface area contributed by atoms with Crippen LogP contribution in [0.5, 0.6) is 0 Å². The molecule has 0 aromatic rings. The number of halogens is 1. The molecule has 2 N–H and O–H groups in total. The predicted molar refractivity (Wildman–Crippen MR) is 69.8 cm³/mol. The highest BCUT2D eigenvalue weighted by Crippen LogP contribution is 2.20. The van der Waals surface area contributed by atoms with Crippen molar-refractivity contribution in [1.82, 2.24) is 4.90 Å². The molecule has 0 spiro atoms. The Balaban J connectivity index is 0.00000225. The van der Waals surface area contributed by atoms with Crippen LogP contribution >= 0.6 is 12.4 Å². The van der Waals surface area contributed by atoms with E-state index in [1.165, 1.54) is 6.42 Å². The van der Waals surface area contributed by atoms with Gasteiger partial charge in [0.25, 0.3) is 0 Å². The number of hydrogen-bond donors (Lipinski definition) is 1. The van der Waals surface area contributed by atoms with Gasteiger partial charge in [0.15, 0.2) is 0 Å². The molecule has 1 saturated heterocycles. The number of unbranched alkanes of at least 4 members (excludes halogenated alkanes) is 1. The Kier molecular flexibility index (Phi) is 7.77. The van der Waals surface area contributed by atoms with Gasteiger partial charge in [-0.3, -0.25) is 4.79 Å². The Morgan fingerprint density at radius 2 is 2.19 bits per heavy atom. The van der Waals surface area contributed by atoms with Crippen molar-refractivity contribution in [3.8, 4) is 0 Å². The number of carbonyl (C=O) groups excluding carboxylic acids is 1. The van der Waals surface area contributed by atoms with Gasteiger partial charge < -0.3 is 10.6 Å². The van der Waals surface area contributed by atoms with Gasteiger partial charge in [-0.05, 0) is 32.6 Å². The monoisotopic (exact) mass is 248 g/mol. The molecule has 0 saturated carbocycles. The molecule has 1 rings (SSSR count). The van der Waals surface area contributed by atoms with Gasteiger partial charge in [-0.15, -0.1) is 12.4 Å². The van der Waals surface area contributed by atoms with Crippen molar-refractivity contribution in [2.24, 2.45) is 5.73 Å². The second-order valence-corrected chi connectivity index (χ2v) is 4.61. The third kappa shape index (κ3) is 4.30. The van der Waals surface area contributed by atoms with E-state index in [2.05, 4.69) is 6.92 Å². The van der Waals surface area contributed by atoms with Crippen molar-refractivity contribution in [1.29, 1.82) is 0 Å². The van der Waals surface area contributed by atoms with E-state index in [1.54, 1.807) is 0 Å². The zero-order chi connectivity index (χ0) is 11.3. The fourth-order valence-electron chi connectivity index (χ4n) is 2.29. The first kappa shape index (κ1) is 15.7. The largest absolute Gasteiger partial charge is 0.338 e. The Bertz CT molecular complexity index is 209. The van der Waals surface area contributed by atoms with E-state index < -0.39 is 0 Å². The van der Waals surface area contributed by atoms with Gasteiger partial charge in [0.1, 0.15) is 0 Å². The molecule has 16 heavy (non-hydrogen) atoms. The molecule has 1 amide bonds. The number of amides is 1. The van der Waals surface area contributed by atoms with Crippen LogP contribution in [0.4, 0.5) is 0 Å². The average molecular weight is 249 g/mol. The Hall–Kier alpha value is -0.280. The lowest BCUT2D eigenvalue weighted by Gasteiger charge is -2.38. The first-order chi connectivity index (χ1) is 7.16. The lowest BCUT2D eigenvalue weighted by molar-refractivity contribution is -0.135. The number of nitrogens with two attached hydrogens (primary N) is 1. The summed E-state index contributed by atoms with van der Waals surface area (Å²) in [6.45, 7) is 5.04. The molecule has 1 fully saturated rings. The van der Waals surface area contributed by atoms with Crippen LogP contribution in [0, 0.1) is 0 Å². The average Bonchev–Trinajstić information content (AvgIpc) is 2.25. The van der Waals surface area contributed by atoms with Crippen molar-refractivity contribution in [3.05, 3.63) is 0 Å². The minimum absolute atomic E-state index is 0. The quantitative estimate of drug-likeness (QED) is 0.830. The standard InChI is InChI=1S/C12H24N2O.ClH/c1-3-4-8-12(15)14-9-6-5-7-11(14)10(2)13;/h10-11H,3-9,13H2,1-2H3;1H. The normalized spacial score (nSPS) is 22.4. The number of hydrogen-bond acceptors (Lipinski definition) is 2. The van der Waals surface area contributed by atoms with Crippen LogP contribution < -0.4 is 5.73 Å². The predicted octanol–water partition coefficient (Wildman–Crippen LogP) is 2.33. The van der Waals surface area contributed by atoms with Crippen LogP contribution in [0.15, 0.2) is 0 Å². The van der Waals surface area contributed by atoms with E-state index in [9.17, 15) is 4.79 Å². The maximum absolute atomic E-state index is 11.9. The molecule has 3 nitrogen and oxygen atoms in total. The van der Waals surface area contributed by atoms with Gasteiger partial charge in [0.05, 0.1) is 0 Å². The van der Waals surface area contributed by atoms with E-state index in [1.807, 2.05) is 11.8 Å². The van der Waals surface area contributed by atoms with E-state index >= 15 is 0 Å². The Morgan fingerprint density at radius 3 is 2.75 bits per heavy atom. The second-order valence-electron chi connectivity index (χ2n) is 4.61. The van der Waals surface area contributed by atoms with Crippen LogP contribution in [0.2, 0.25) is 0 Å². The number of likely N-dealkylation sites (tertiary alicyclic amines) is 1. The van der Waals surface area contributed by atoms with E-state index in [0.717, 1.165) is 32.2 Å². The lowest BCUT2D eigenvalue weighted by atomic mass is 9.96. The Labute approximate surface area is 105 Å². The summed E-state index contributed by atoms with van der Waals surface area (Å²) in [5.41, 5.74) is 5.93. The van der Waals surface area contributed by atoms with E-state index in [0.29, 0.717) is 12.3 Å². The number of carbonyl (C=O) groups is 1. The highest BCUT2D eigenvalue weighted by atomic mass is 35.5. The van der Waals surface area contributed by atoms with Crippen LogP contribution in [0.1, 0.15) is 52.4 Å². The van der Waals surface area contributed by atoms with Crippen molar-refractivity contribution in [2.75, 3.05) is 6.54 Å². The molecule has 96 valence electrons. The summed E-state index contributed by atoms with van der Waals surface area (Å²) in [6.07, 6.45) is 6.21. The van der Waals surface area contributed by atoms with Crippen LogP contribution in [0.25, 0.3) is 0 Å². The minimum atomic E-state index is 0. The maximum atomic E-state index is 11.9. The van der Waals surface area contributed by atoms with Crippen molar-refractivity contribution in [2.45, 2.75) is 64.5 Å². The number of nitrogens with zero attached hydrogens (tertiary/aromatic N) is 1. The van der Waals surface area contributed by atoms with E-state index in [-0.39, 0.29) is 24.5 Å². The van der Waals surface area contributed by atoms with Gasteiger partial charge in [-0.25, -0.2) is 0 Å². The molecule has 2 unspecified atom stereocenters. The van der Waals surface area contributed by atoms with Gasteiger partial charge in [-0.2, -0.15) is 0 Å². The summed E-state index contributed by atoms with van der Waals surface area (Å²) in [6, 6.07) is 0.388. The summed E-state index contributed by atoms with van der Waals surface area (Å²) in [5, 5.41) is 0. The lowest BCUT2D eigenvalue weighted by Crippen LogP contribution is -2.51. The molecule has 4 heteroatoms. The highest BCUT2D eigenvalue weighted by molar-refractivity contribution is 5.85. The first-order valence-corrected chi connectivity index (χ1v) is 6.22. The third-order valence-electron chi connectivity index (χ3n) is 3.22. The minimum Gasteiger partial charge on any atom is -0.338 e. The molecular formula is C12H25ClN2O. The fourth-order valence-corrected chi connectivity index (χ4v) is 2.29. The maximum Gasteiger partial charge on any atom is 0.222 e. The molecule has 0 aromatic heterocycles. The SMILES string of the molecule is CCCCC(=O)N1CCCCC1C(C)N.Cl. The van der Waals surface area contributed by atoms with Gasteiger partial charge in [0, 0.05) is 25.0 Å². The molecule has 0 radical (unpaired) electrons. The highest BCUT2D eigenvalue weighted by Gasteiger charge is 2.28. The fraction of sp³-hybridized carbons (Fsp3) is 0.917. The van der Waals surface area contributed by atoms with Gasteiger partial charge in [-0.1, -0.05) is 13.3 Å². The summed E-state index contributed by atoms with van der Waals surface area (Å²) in [5.74, 6) is 0.304. The summed E-state index contributed by atoms with van der Waals surface area (Å²) in [7, 11) is 0. The number of piperidine rings is 1. The second kappa shape index (κ2) is 7.91. The molecular weight excluding hydrogens is 224 g/mol. The molecule has 0 aliphatic carbocycles. The topological polar surface area (TPSA) is 46.3 Å². The zero-order valence-electron chi connectivity index (χ0n) is 10.4. The van der Waals surface area contributed by atoms with Crippen molar-refractivity contribution < 1.29 is 4.79 Å². The smallest absolute Gasteiger partial charge is 0.222 e. The Morgan fingerprint density at radius 1 is 1.50 bits per heavy atom. The number of rotatable bonds is 4. The molecule has 1 aliphatic rings. The van der Waals surface area contributed by atoms with Crippen LogP contribution in [-0.2, 0) is 4.79 Å². The molecule has 1 heterocycles. The van der Waals surface area contributed by atoms with Gasteiger partial charge >= 0.3 is 0 Å². The van der Waals surface area contributed by atoms with Crippen LogP contribution in [-0.4, -0.2) is 29.4 Å². The molecule has 0 bridgehead atoms. The molecule has 1 aliphatic heterocycles. The summed E-state index contributed by atoms with van der Waals surface area (Å²) >= 11 is 0. The van der Waals surface area contributed by atoms with Crippen LogP contribution in [0.3, 0.4) is 0 Å². The molecule has 0 aromatic carbocycles. The van der Waals surface area contributed by atoms with Gasteiger partial charge in [0.2, 0.25) is 5.91 Å². The molecule has 2 atom stereocenters. The van der Waals surface area contributed by atoms with Crippen molar-refractivity contribution >= 4 is 18.3 Å². The van der Waals surface area contributed by atoms with E-state index in [4.69, 9.17) is 5.73 Å². The zero-order valence-corrected chi connectivity index (χ0v) is 11.3. The summed E-state index contributed by atoms with van der Waals surface area (Å²) in [4.78, 5) is 14.0. The summed E-state index contributed by atoms with van der Waals surface area (Å²) < 4.78 is 0. The third-order valence-corrected chi connectivity index (χ3v) is 3.22. The first-order valence-electron chi connectivity index (χ1n) is 6.22. The van der Waals surface area contributed by atoms with Crippen molar-refractivity contribution in [3.63, 3.8) is 0 Å².